The predicted molar refractivity (Wildman–Crippen MR) is 98.6 cm³/mol. The molecule has 0 heterocycles. The van der Waals surface area contributed by atoms with Gasteiger partial charge < -0.3 is 25.4 Å². The van der Waals surface area contributed by atoms with Crippen molar-refractivity contribution in [3.8, 4) is 0 Å². The van der Waals surface area contributed by atoms with Crippen LogP contribution in [0.4, 0.5) is 0 Å². The number of methoxy groups -OCH3 is 1. The van der Waals surface area contributed by atoms with E-state index in [1.54, 1.807) is 21.1 Å². The number of ether oxygens (including phenoxy) is 2. The summed E-state index contributed by atoms with van der Waals surface area (Å²) in [6.07, 6.45) is 4.35. The molecule has 0 aromatic heterocycles. The zero-order chi connectivity index (χ0) is 18.8. The summed E-state index contributed by atoms with van der Waals surface area (Å²) in [5.41, 5.74) is 7.87. The third-order valence-electron chi connectivity index (χ3n) is 4.26. The van der Waals surface area contributed by atoms with Gasteiger partial charge in [-0.3, -0.25) is 10.6 Å². The van der Waals surface area contributed by atoms with Gasteiger partial charge in [0.05, 0.1) is 25.2 Å². The smallest absolute Gasteiger partial charge is 0.121 e. The minimum absolute atomic E-state index is 0.0794. The molecule has 1 aliphatic carbocycles. The molecule has 1 aliphatic rings. The van der Waals surface area contributed by atoms with Gasteiger partial charge in [-0.2, -0.15) is 0 Å². The molecule has 0 bridgehead atoms. The number of hydrogen-bond donors (Lipinski definition) is 5. The quantitative estimate of drug-likeness (QED) is 0.218. The molecule has 0 aromatic rings. The van der Waals surface area contributed by atoms with E-state index in [1.165, 1.54) is 0 Å². The highest BCUT2D eigenvalue weighted by Gasteiger charge is 2.21. The fourth-order valence-corrected chi connectivity index (χ4v) is 2.76. The Morgan fingerprint density at radius 3 is 2.68 bits per heavy atom. The molecule has 0 spiro atoms. The van der Waals surface area contributed by atoms with Crippen molar-refractivity contribution in [2.75, 3.05) is 27.4 Å². The Hall–Kier alpha value is -1.54. The first-order chi connectivity index (χ1) is 11.9. The highest BCUT2D eigenvalue weighted by atomic mass is 16.5. The van der Waals surface area contributed by atoms with Crippen LogP contribution in [0.5, 0.6) is 0 Å². The zero-order valence-corrected chi connectivity index (χ0v) is 15.8. The highest BCUT2D eigenvalue weighted by molar-refractivity contribution is 5.32. The summed E-state index contributed by atoms with van der Waals surface area (Å²) < 4.78 is 11.2. The minimum Gasteiger partial charge on any atom is -0.513 e. The molecule has 1 rings (SSSR count). The molecule has 2 atom stereocenters. The molecule has 7 heteroatoms. The molecule has 6 N–H and O–H groups in total. The molecule has 0 saturated carbocycles. The summed E-state index contributed by atoms with van der Waals surface area (Å²) in [5, 5.41) is 25.1. The molecule has 0 aliphatic heterocycles. The summed E-state index contributed by atoms with van der Waals surface area (Å²) in [7, 11) is 3.41. The van der Waals surface area contributed by atoms with E-state index in [0.717, 1.165) is 35.5 Å². The van der Waals surface area contributed by atoms with Gasteiger partial charge in [-0.25, -0.2) is 0 Å². The van der Waals surface area contributed by atoms with Crippen molar-refractivity contribution in [3.05, 3.63) is 34.5 Å². The van der Waals surface area contributed by atoms with Gasteiger partial charge >= 0.3 is 0 Å². The lowest BCUT2D eigenvalue weighted by Gasteiger charge is -2.25. The number of aliphatic hydroxyl groups is 2. The van der Waals surface area contributed by atoms with Gasteiger partial charge in [-0.1, -0.05) is 0 Å². The average Bonchev–Trinajstić information content (AvgIpc) is 2.59. The van der Waals surface area contributed by atoms with E-state index in [2.05, 4.69) is 10.6 Å². The second kappa shape index (κ2) is 11.1. The van der Waals surface area contributed by atoms with Gasteiger partial charge in [0.15, 0.2) is 0 Å². The van der Waals surface area contributed by atoms with E-state index in [9.17, 15) is 5.11 Å². The molecule has 25 heavy (non-hydrogen) atoms. The van der Waals surface area contributed by atoms with E-state index in [0.29, 0.717) is 25.2 Å². The second-order valence-electron chi connectivity index (χ2n) is 6.15. The van der Waals surface area contributed by atoms with Gasteiger partial charge in [0.25, 0.3) is 0 Å². The molecular weight excluding hydrogens is 322 g/mol. The number of hydrogen-bond acceptors (Lipinski definition) is 7. The Kier molecular flexibility index (Phi) is 9.59. The van der Waals surface area contributed by atoms with E-state index >= 15 is 0 Å². The van der Waals surface area contributed by atoms with Crippen LogP contribution in [-0.2, 0) is 9.47 Å². The SMILES string of the molecule is CNC(N)NC(C)/C(CC1=C(OC)C=C(OCCCO)CC1)=C(\C)O. The Morgan fingerprint density at radius 1 is 1.40 bits per heavy atom. The number of allylic oxidation sites excluding steroid dienone is 4. The van der Waals surface area contributed by atoms with Crippen molar-refractivity contribution in [1.82, 2.24) is 10.6 Å². The Labute approximate surface area is 150 Å². The molecule has 0 fully saturated rings. The van der Waals surface area contributed by atoms with E-state index in [-0.39, 0.29) is 18.9 Å². The van der Waals surface area contributed by atoms with Crippen LogP contribution in [0.3, 0.4) is 0 Å². The number of rotatable bonds is 11. The van der Waals surface area contributed by atoms with Crippen LogP contribution >= 0.6 is 0 Å². The van der Waals surface area contributed by atoms with Crippen LogP contribution in [-0.4, -0.2) is 49.9 Å². The summed E-state index contributed by atoms with van der Waals surface area (Å²) in [6.45, 7) is 4.28. The van der Waals surface area contributed by atoms with Gasteiger partial charge in [0.1, 0.15) is 12.0 Å². The predicted octanol–water partition coefficient (Wildman–Crippen LogP) is 1.63. The summed E-state index contributed by atoms with van der Waals surface area (Å²) >= 11 is 0. The number of aliphatic hydroxyl groups excluding tert-OH is 2. The number of nitrogens with one attached hydrogen (secondary N) is 2. The Bertz CT molecular complexity index is 510. The van der Waals surface area contributed by atoms with Gasteiger partial charge in [-0.05, 0) is 44.9 Å². The maximum atomic E-state index is 10.1. The molecule has 7 nitrogen and oxygen atoms in total. The highest BCUT2D eigenvalue weighted by Crippen LogP contribution is 2.31. The first kappa shape index (κ1) is 21.5. The van der Waals surface area contributed by atoms with E-state index in [1.807, 2.05) is 13.0 Å². The monoisotopic (exact) mass is 355 g/mol. The molecular formula is C18H33N3O4. The maximum absolute atomic E-state index is 10.1. The van der Waals surface area contributed by atoms with Crippen molar-refractivity contribution in [3.63, 3.8) is 0 Å². The van der Waals surface area contributed by atoms with E-state index < -0.39 is 0 Å². The lowest BCUT2D eigenvalue weighted by molar-refractivity contribution is 0.165. The van der Waals surface area contributed by atoms with E-state index in [4.69, 9.17) is 20.3 Å². The number of nitrogens with two attached hydrogens (primary N) is 1. The fraction of sp³-hybridized carbons (Fsp3) is 0.667. The van der Waals surface area contributed by atoms with Gasteiger partial charge in [0, 0.05) is 31.6 Å². The van der Waals surface area contributed by atoms with Crippen LogP contribution in [0.1, 0.15) is 39.5 Å². The van der Waals surface area contributed by atoms with Crippen molar-refractivity contribution < 1.29 is 19.7 Å². The van der Waals surface area contributed by atoms with Crippen molar-refractivity contribution in [2.24, 2.45) is 5.73 Å². The summed E-state index contributed by atoms with van der Waals surface area (Å²) in [5.74, 6) is 1.93. The molecule has 0 radical (unpaired) electrons. The molecule has 0 amide bonds. The van der Waals surface area contributed by atoms with Crippen LogP contribution in [0.25, 0.3) is 0 Å². The van der Waals surface area contributed by atoms with Crippen LogP contribution in [0, 0.1) is 0 Å². The topological polar surface area (TPSA) is 109 Å². The van der Waals surface area contributed by atoms with Crippen molar-refractivity contribution >= 4 is 0 Å². The third kappa shape index (κ3) is 7.07. The molecule has 2 unspecified atom stereocenters. The summed E-state index contributed by atoms with van der Waals surface area (Å²) in [4.78, 5) is 0. The zero-order valence-electron chi connectivity index (χ0n) is 15.8. The largest absolute Gasteiger partial charge is 0.513 e. The van der Waals surface area contributed by atoms with Crippen molar-refractivity contribution in [1.29, 1.82) is 0 Å². The average molecular weight is 355 g/mol. The molecule has 0 aromatic carbocycles. The lowest BCUT2D eigenvalue weighted by Crippen LogP contribution is -2.51. The maximum Gasteiger partial charge on any atom is 0.121 e. The van der Waals surface area contributed by atoms with Crippen LogP contribution in [0.15, 0.2) is 34.5 Å². The van der Waals surface area contributed by atoms with Crippen LogP contribution in [0.2, 0.25) is 0 Å². The molecule has 144 valence electrons. The van der Waals surface area contributed by atoms with Gasteiger partial charge in [-0.15, -0.1) is 0 Å². The normalized spacial score (nSPS) is 18.4. The standard InChI is InChI=1S/C18H33N3O4/c1-12(21-18(19)20-3)16(13(2)23)10-14-6-7-15(11-17(14)24-4)25-9-5-8-22/h11-12,18,20-23H,5-10,19H2,1-4H3/b16-13+. The summed E-state index contributed by atoms with van der Waals surface area (Å²) in [6, 6.07) is -0.0794. The van der Waals surface area contributed by atoms with Crippen molar-refractivity contribution in [2.45, 2.75) is 51.9 Å². The fourth-order valence-electron chi connectivity index (χ4n) is 2.76. The molecule has 0 saturated heterocycles. The minimum atomic E-state index is -0.349. The van der Waals surface area contributed by atoms with Crippen LogP contribution < -0.4 is 16.4 Å². The van der Waals surface area contributed by atoms with Gasteiger partial charge in [0.2, 0.25) is 0 Å². The first-order valence-corrected chi connectivity index (χ1v) is 8.70. The Balaban J connectivity index is 2.87. The third-order valence-corrected chi connectivity index (χ3v) is 4.26. The Morgan fingerprint density at radius 2 is 2.12 bits per heavy atom. The lowest BCUT2D eigenvalue weighted by atomic mass is 9.92. The second-order valence-corrected chi connectivity index (χ2v) is 6.15. The first-order valence-electron chi connectivity index (χ1n) is 8.70.